The van der Waals surface area contributed by atoms with Crippen LogP contribution in [-0.4, -0.2) is 68.8 Å². The van der Waals surface area contributed by atoms with Crippen molar-refractivity contribution < 1.29 is 14.7 Å². The number of anilines is 2. The normalized spacial score (nSPS) is 19.8. The van der Waals surface area contributed by atoms with Gasteiger partial charge in [0, 0.05) is 37.6 Å². The van der Waals surface area contributed by atoms with Crippen molar-refractivity contribution >= 4 is 29.0 Å². The van der Waals surface area contributed by atoms with Gasteiger partial charge in [0.25, 0.3) is 5.91 Å². The summed E-state index contributed by atoms with van der Waals surface area (Å²) in [5.41, 5.74) is 4.20. The number of piperidine rings is 1. The van der Waals surface area contributed by atoms with Crippen LogP contribution >= 0.6 is 0 Å². The summed E-state index contributed by atoms with van der Waals surface area (Å²) in [6.07, 6.45) is 4.48. The summed E-state index contributed by atoms with van der Waals surface area (Å²) in [6, 6.07) is 17.8. The van der Waals surface area contributed by atoms with E-state index in [1.54, 1.807) is 10.6 Å². The van der Waals surface area contributed by atoms with Crippen LogP contribution < -0.4 is 15.1 Å². The third-order valence-electron chi connectivity index (χ3n) is 8.22. The van der Waals surface area contributed by atoms with E-state index in [2.05, 4.69) is 68.6 Å². The van der Waals surface area contributed by atoms with Gasteiger partial charge in [-0.05, 0) is 55.5 Å². The number of carbonyl (C=O) groups excluding carboxylic acids is 1. The van der Waals surface area contributed by atoms with Gasteiger partial charge in [-0.25, -0.2) is 19.3 Å². The van der Waals surface area contributed by atoms with Gasteiger partial charge in [0.05, 0.1) is 11.9 Å². The van der Waals surface area contributed by atoms with Gasteiger partial charge >= 0.3 is 5.97 Å². The number of amides is 1. The van der Waals surface area contributed by atoms with Crippen LogP contribution in [0, 0.1) is 6.92 Å². The standard InChI is InChI=1S/C30H33N7O3/c1-20-17-23(36-16-13-30(2,19-36)21-7-4-3-5-8-21)18-37-27(20)33-26(34-37)28(38)31-22-11-14-35(15-12-22)25-10-6-9-24(32-25)29(39)40/h3-10,17-18,22H,11-16,19H2,1-2H3,(H,31,38)(H,39,40)/t30-/m0/s1. The van der Waals surface area contributed by atoms with Crippen molar-refractivity contribution in [3.63, 3.8) is 0 Å². The molecular weight excluding hydrogens is 506 g/mol. The number of hydrogen-bond donors (Lipinski definition) is 2. The Morgan fingerprint density at radius 2 is 1.77 bits per heavy atom. The molecule has 2 N–H and O–H groups in total. The zero-order valence-electron chi connectivity index (χ0n) is 22.7. The van der Waals surface area contributed by atoms with Gasteiger partial charge in [-0.2, -0.15) is 0 Å². The second kappa shape index (κ2) is 10.3. The van der Waals surface area contributed by atoms with E-state index >= 15 is 0 Å². The average Bonchev–Trinajstić information content (AvgIpc) is 3.59. The Balaban J connectivity index is 1.11. The first-order valence-corrected chi connectivity index (χ1v) is 13.7. The molecule has 2 saturated heterocycles. The lowest BCUT2D eigenvalue weighted by Crippen LogP contribution is -2.45. The summed E-state index contributed by atoms with van der Waals surface area (Å²) < 4.78 is 1.72. The van der Waals surface area contributed by atoms with Crippen molar-refractivity contribution in [1.29, 1.82) is 0 Å². The molecule has 5 heterocycles. The summed E-state index contributed by atoms with van der Waals surface area (Å²) in [7, 11) is 0. The highest BCUT2D eigenvalue weighted by atomic mass is 16.4. The number of aryl methyl sites for hydroxylation is 1. The van der Waals surface area contributed by atoms with E-state index in [9.17, 15) is 14.7 Å². The summed E-state index contributed by atoms with van der Waals surface area (Å²) >= 11 is 0. The molecule has 0 bridgehead atoms. The minimum atomic E-state index is -1.04. The molecule has 3 aromatic heterocycles. The number of carboxylic acids is 1. The second-order valence-corrected chi connectivity index (χ2v) is 11.1. The first kappa shape index (κ1) is 25.8. The topological polar surface area (TPSA) is 116 Å². The minimum absolute atomic E-state index is 0.0186. The van der Waals surface area contributed by atoms with Crippen molar-refractivity contribution in [2.45, 2.75) is 44.6 Å². The lowest BCUT2D eigenvalue weighted by Gasteiger charge is -2.33. The Hall–Kier alpha value is -4.47. The van der Waals surface area contributed by atoms with Crippen molar-refractivity contribution in [3.05, 3.63) is 83.4 Å². The summed E-state index contributed by atoms with van der Waals surface area (Å²) in [6.45, 7) is 7.52. The molecule has 4 aromatic rings. The first-order valence-electron chi connectivity index (χ1n) is 13.7. The zero-order chi connectivity index (χ0) is 27.9. The molecule has 0 radical (unpaired) electrons. The molecule has 40 heavy (non-hydrogen) atoms. The highest BCUT2D eigenvalue weighted by Gasteiger charge is 2.35. The Morgan fingerprint density at radius 1 is 1.00 bits per heavy atom. The van der Waals surface area contributed by atoms with E-state index in [1.165, 1.54) is 11.6 Å². The highest BCUT2D eigenvalue weighted by molar-refractivity contribution is 5.91. The van der Waals surface area contributed by atoms with Crippen LogP contribution in [0.2, 0.25) is 0 Å². The number of carbonyl (C=O) groups is 2. The van der Waals surface area contributed by atoms with Crippen molar-refractivity contribution in [2.75, 3.05) is 36.0 Å². The summed E-state index contributed by atoms with van der Waals surface area (Å²) in [5.74, 6) is -0.529. The second-order valence-electron chi connectivity index (χ2n) is 11.1. The number of rotatable bonds is 6. The van der Waals surface area contributed by atoms with E-state index in [-0.39, 0.29) is 28.9 Å². The van der Waals surface area contributed by atoms with Crippen LogP contribution in [0.25, 0.3) is 5.65 Å². The predicted molar refractivity (Wildman–Crippen MR) is 152 cm³/mol. The molecule has 2 aliphatic heterocycles. The summed E-state index contributed by atoms with van der Waals surface area (Å²) in [4.78, 5) is 37.6. The largest absolute Gasteiger partial charge is 0.477 e. The highest BCUT2D eigenvalue weighted by Crippen LogP contribution is 2.36. The van der Waals surface area contributed by atoms with Crippen LogP contribution in [-0.2, 0) is 5.41 Å². The quantitative estimate of drug-likeness (QED) is 0.381. The SMILES string of the molecule is Cc1cc(N2CC[C@](C)(c3ccccc3)C2)cn2nc(C(=O)NC3CCN(c4cccc(C(=O)O)n4)CC3)nc12. The van der Waals surface area contributed by atoms with Crippen LogP contribution in [0.1, 0.15) is 58.4 Å². The van der Waals surface area contributed by atoms with E-state index < -0.39 is 5.97 Å². The maximum atomic E-state index is 13.1. The third-order valence-corrected chi connectivity index (χ3v) is 8.22. The molecule has 2 aliphatic rings. The van der Waals surface area contributed by atoms with Gasteiger partial charge in [0.1, 0.15) is 5.82 Å². The zero-order valence-corrected chi connectivity index (χ0v) is 22.7. The average molecular weight is 540 g/mol. The van der Waals surface area contributed by atoms with Crippen LogP contribution in [0.5, 0.6) is 0 Å². The Labute approximate surface area is 232 Å². The lowest BCUT2D eigenvalue weighted by molar-refractivity contribution is 0.0690. The third kappa shape index (κ3) is 4.97. The van der Waals surface area contributed by atoms with Crippen molar-refractivity contribution in [2.24, 2.45) is 0 Å². The molecule has 0 aliphatic carbocycles. The van der Waals surface area contributed by atoms with E-state index in [0.717, 1.165) is 43.6 Å². The molecule has 10 heteroatoms. The molecule has 6 rings (SSSR count). The first-order chi connectivity index (χ1) is 19.3. The molecule has 1 atom stereocenters. The van der Waals surface area contributed by atoms with Gasteiger partial charge in [-0.15, -0.1) is 5.10 Å². The van der Waals surface area contributed by atoms with Crippen molar-refractivity contribution in [3.8, 4) is 0 Å². The molecule has 206 valence electrons. The van der Waals surface area contributed by atoms with Gasteiger partial charge < -0.3 is 20.2 Å². The van der Waals surface area contributed by atoms with Gasteiger partial charge in [0.15, 0.2) is 11.3 Å². The smallest absolute Gasteiger partial charge is 0.354 e. The fraction of sp³-hybridized carbons (Fsp3) is 0.367. The van der Waals surface area contributed by atoms with Crippen molar-refractivity contribution in [1.82, 2.24) is 24.9 Å². The monoisotopic (exact) mass is 539 g/mol. The van der Waals surface area contributed by atoms with E-state index in [4.69, 9.17) is 0 Å². The Morgan fingerprint density at radius 3 is 2.52 bits per heavy atom. The number of nitrogens with one attached hydrogen (secondary N) is 1. The number of fused-ring (bicyclic) bond motifs is 1. The predicted octanol–water partition coefficient (Wildman–Crippen LogP) is 3.70. The lowest BCUT2D eigenvalue weighted by atomic mass is 9.82. The van der Waals surface area contributed by atoms with E-state index in [0.29, 0.717) is 24.6 Å². The molecule has 1 amide bonds. The molecule has 10 nitrogen and oxygen atoms in total. The van der Waals surface area contributed by atoms with Gasteiger partial charge in [-0.1, -0.05) is 43.3 Å². The number of aromatic carboxylic acids is 1. The molecular formula is C30H33N7O3. The van der Waals surface area contributed by atoms with Crippen LogP contribution in [0.4, 0.5) is 11.5 Å². The maximum Gasteiger partial charge on any atom is 0.354 e. The Kier molecular flexibility index (Phi) is 6.61. The maximum absolute atomic E-state index is 13.1. The molecule has 1 aromatic carbocycles. The number of benzene rings is 1. The molecule has 0 spiro atoms. The Bertz CT molecular complexity index is 1560. The van der Waals surface area contributed by atoms with Crippen LogP contribution in [0.3, 0.4) is 0 Å². The van der Waals surface area contributed by atoms with Gasteiger partial charge in [0.2, 0.25) is 5.82 Å². The number of aromatic nitrogens is 4. The minimum Gasteiger partial charge on any atom is -0.477 e. The molecule has 0 unspecified atom stereocenters. The molecule has 0 saturated carbocycles. The van der Waals surface area contributed by atoms with Gasteiger partial charge in [-0.3, -0.25) is 4.79 Å². The number of carboxylic acid groups (broad SMARTS) is 1. The summed E-state index contributed by atoms with van der Waals surface area (Å²) in [5, 5.41) is 16.8. The number of hydrogen-bond acceptors (Lipinski definition) is 7. The number of nitrogens with zero attached hydrogens (tertiary/aromatic N) is 6. The fourth-order valence-electron chi connectivity index (χ4n) is 5.88. The van der Waals surface area contributed by atoms with E-state index in [1.807, 2.05) is 24.1 Å². The van der Waals surface area contributed by atoms with Crippen LogP contribution in [0.15, 0.2) is 60.8 Å². The number of pyridine rings is 2. The fourth-order valence-corrected chi connectivity index (χ4v) is 5.88. The molecule has 2 fully saturated rings.